The fraction of sp³-hybridized carbons (Fsp3) is 0. The van der Waals surface area contributed by atoms with E-state index < -0.39 is 0 Å². The molecule has 0 unspecified atom stereocenters. The van der Waals surface area contributed by atoms with Gasteiger partial charge in [-0.2, -0.15) is 0 Å². The van der Waals surface area contributed by atoms with Crippen LogP contribution in [0.2, 0.25) is 0 Å². The van der Waals surface area contributed by atoms with Crippen molar-refractivity contribution in [3.63, 3.8) is 0 Å². The number of rotatable bonds is 2. The lowest BCUT2D eigenvalue weighted by Gasteiger charge is -2.11. The molecule has 0 radical (unpaired) electrons. The minimum atomic E-state index is -0.343. The highest BCUT2D eigenvalue weighted by atomic mass is 127. The quantitative estimate of drug-likeness (QED) is 0.409. The van der Waals surface area contributed by atoms with Gasteiger partial charge in [0.15, 0.2) is 0 Å². The second-order valence-corrected chi connectivity index (χ2v) is 8.55. The van der Waals surface area contributed by atoms with Crippen LogP contribution in [-0.2, 0) is 0 Å². The largest absolute Gasteiger partial charge is 0.320 e. The molecule has 104 valence electrons. The van der Waals surface area contributed by atoms with Crippen molar-refractivity contribution in [2.75, 3.05) is 5.32 Å². The summed E-state index contributed by atoms with van der Waals surface area (Å²) in [4.78, 5) is 12.3. The van der Waals surface area contributed by atoms with Gasteiger partial charge >= 0.3 is 0 Å². The number of carbonyl (C=O) groups is 1. The van der Waals surface area contributed by atoms with E-state index in [2.05, 4.69) is 73.1 Å². The summed E-state index contributed by atoms with van der Waals surface area (Å²) in [5, 5.41) is 2.90. The van der Waals surface area contributed by atoms with E-state index in [0.717, 1.165) is 16.4 Å². The fourth-order valence-electron chi connectivity index (χ4n) is 1.52. The summed E-state index contributed by atoms with van der Waals surface area (Å²) in [6.07, 6.45) is 0. The number of carbonyl (C=O) groups excluding carboxylic acids is 1. The van der Waals surface area contributed by atoms with E-state index in [1.165, 1.54) is 18.2 Å². The first-order valence-electron chi connectivity index (χ1n) is 5.29. The Labute approximate surface area is 170 Å². The van der Waals surface area contributed by atoms with E-state index in [1.807, 2.05) is 34.7 Å². The molecule has 0 bridgehead atoms. The summed E-state index contributed by atoms with van der Waals surface area (Å²) >= 11 is 8.58. The van der Waals surface area contributed by atoms with Crippen LogP contribution in [0.5, 0.6) is 0 Å². The maximum absolute atomic E-state index is 13.1. The topological polar surface area (TPSA) is 29.1 Å². The molecule has 2 rings (SSSR count). The minimum Gasteiger partial charge on any atom is -0.320 e. The van der Waals surface area contributed by atoms with Gasteiger partial charge in [0, 0.05) is 14.3 Å². The zero-order chi connectivity index (χ0) is 14.9. The second-order valence-electron chi connectivity index (χ2n) is 3.82. The lowest BCUT2D eigenvalue weighted by Crippen LogP contribution is -2.15. The van der Waals surface area contributed by atoms with E-state index in [9.17, 15) is 9.18 Å². The van der Waals surface area contributed by atoms with Gasteiger partial charge in [0.1, 0.15) is 5.82 Å². The molecule has 1 N–H and O–H groups in total. The van der Waals surface area contributed by atoms with Crippen molar-refractivity contribution < 1.29 is 9.18 Å². The van der Waals surface area contributed by atoms with Crippen LogP contribution in [0.1, 0.15) is 10.4 Å². The average Bonchev–Trinajstić information content (AvgIpc) is 2.33. The maximum Gasteiger partial charge on any atom is 0.256 e. The van der Waals surface area contributed by atoms with Crippen LogP contribution >= 0.6 is 90.4 Å². The molecule has 0 saturated carbocycles. The summed E-state index contributed by atoms with van der Waals surface area (Å²) in [7, 11) is 0. The molecule has 20 heavy (non-hydrogen) atoms. The van der Waals surface area contributed by atoms with E-state index in [4.69, 9.17) is 0 Å². The molecule has 0 aliphatic rings. The number of anilines is 1. The Bertz CT molecular complexity index is 667. The number of hydrogen-bond acceptors (Lipinski definition) is 1. The highest BCUT2D eigenvalue weighted by Crippen LogP contribution is 2.28. The summed E-state index contributed by atoms with van der Waals surface area (Å²) in [5.41, 5.74) is 1.26. The van der Waals surface area contributed by atoms with Gasteiger partial charge in [0.2, 0.25) is 0 Å². The normalized spacial score (nSPS) is 10.4. The lowest BCUT2D eigenvalue weighted by molar-refractivity contribution is 0.102. The Kier molecular flexibility index (Phi) is 6.29. The third-order valence-corrected chi connectivity index (χ3v) is 5.64. The van der Waals surface area contributed by atoms with Crippen LogP contribution in [0, 0.1) is 20.1 Å². The van der Waals surface area contributed by atoms with Crippen LogP contribution in [0.4, 0.5) is 10.1 Å². The molecule has 2 aromatic carbocycles. The minimum absolute atomic E-state index is 0.230. The Morgan fingerprint density at radius 1 is 0.950 bits per heavy atom. The van der Waals surface area contributed by atoms with Crippen LogP contribution in [0.25, 0.3) is 0 Å². The Hall–Kier alpha value is 0.760. The predicted octanol–water partition coefficient (Wildman–Crippen LogP) is 5.50. The number of amides is 1. The van der Waals surface area contributed by atoms with Gasteiger partial charge in [-0.1, -0.05) is 0 Å². The molecule has 2 aromatic rings. The van der Waals surface area contributed by atoms with Gasteiger partial charge in [0.05, 0.1) is 11.3 Å². The molecule has 0 spiro atoms. The molecule has 0 fully saturated rings. The van der Waals surface area contributed by atoms with Gasteiger partial charge in [-0.05, 0) is 121 Å². The number of hydrogen-bond donors (Lipinski definition) is 1. The first kappa shape index (κ1) is 17.1. The van der Waals surface area contributed by atoms with Gasteiger partial charge in [-0.25, -0.2) is 4.39 Å². The molecular weight excluding hydrogens is 713 g/mol. The highest BCUT2D eigenvalue weighted by Gasteiger charge is 2.14. The third kappa shape index (κ3) is 4.15. The Morgan fingerprint density at radius 3 is 2.10 bits per heavy atom. The standard InChI is InChI=1S/C13H6FI4NO/c14-6-1-2-8(9(16)3-6)13(20)19-12-10(17)4-7(15)5-11(12)18/h1-5H,(H,19,20). The van der Waals surface area contributed by atoms with Gasteiger partial charge in [0.25, 0.3) is 5.91 Å². The van der Waals surface area contributed by atoms with Crippen molar-refractivity contribution in [3.05, 3.63) is 56.0 Å². The van der Waals surface area contributed by atoms with E-state index in [-0.39, 0.29) is 11.7 Å². The Morgan fingerprint density at radius 2 is 1.55 bits per heavy atom. The monoisotopic (exact) mass is 719 g/mol. The van der Waals surface area contributed by atoms with Crippen molar-refractivity contribution in [1.29, 1.82) is 0 Å². The van der Waals surface area contributed by atoms with Gasteiger partial charge in [-0.15, -0.1) is 0 Å². The van der Waals surface area contributed by atoms with Crippen molar-refractivity contribution >= 4 is 102 Å². The molecule has 0 aliphatic heterocycles. The van der Waals surface area contributed by atoms with E-state index >= 15 is 0 Å². The first-order valence-corrected chi connectivity index (χ1v) is 9.61. The van der Waals surface area contributed by atoms with Crippen molar-refractivity contribution in [2.45, 2.75) is 0 Å². The van der Waals surface area contributed by atoms with Gasteiger partial charge in [-0.3, -0.25) is 4.79 Å². The molecule has 0 atom stereocenters. The van der Waals surface area contributed by atoms with Crippen LogP contribution in [0.3, 0.4) is 0 Å². The summed E-state index contributed by atoms with van der Waals surface area (Å²) in [5.74, 6) is -0.573. The molecule has 1 amide bonds. The Balaban J connectivity index is 2.33. The summed E-state index contributed by atoms with van der Waals surface area (Å²) in [6, 6.07) is 8.13. The predicted molar refractivity (Wildman–Crippen MR) is 112 cm³/mol. The maximum atomic E-state index is 13.1. The smallest absolute Gasteiger partial charge is 0.256 e. The third-order valence-electron chi connectivity index (χ3n) is 2.42. The van der Waals surface area contributed by atoms with Crippen molar-refractivity contribution in [2.24, 2.45) is 0 Å². The van der Waals surface area contributed by atoms with E-state index in [0.29, 0.717) is 9.13 Å². The van der Waals surface area contributed by atoms with Crippen LogP contribution in [-0.4, -0.2) is 5.91 Å². The van der Waals surface area contributed by atoms with Crippen molar-refractivity contribution in [3.8, 4) is 0 Å². The van der Waals surface area contributed by atoms with Gasteiger partial charge < -0.3 is 5.32 Å². The first-order chi connectivity index (χ1) is 9.38. The van der Waals surface area contributed by atoms with Crippen LogP contribution in [0.15, 0.2) is 30.3 Å². The number of benzene rings is 2. The molecule has 2 nitrogen and oxygen atoms in total. The summed E-state index contributed by atoms with van der Waals surface area (Å²) in [6.45, 7) is 0. The summed E-state index contributed by atoms with van der Waals surface area (Å²) < 4.78 is 16.7. The molecule has 7 heteroatoms. The average molecular weight is 719 g/mol. The molecular formula is C13H6FI4NO. The molecule has 0 saturated heterocycles. The highest BCUT2D eigenvalue weighted by molar-refractivity contribution is 14.1. The second kappa shape index (κ2) is 7.35. The lowest BCUT2D eigenvalue weighted by atomic mass is 10.2. The number of halogens is 5. The zero-order valence-corrected chi connectivity index (χ0v) is 18.3. The molecule has 0 aromatic heterocycles. The SMILES string of the molecule is O=C(Nc1c(I)cc(I)cc1I)c1ccc(F)cc1I. The number of nitrogens with one attached hydrogen (secondary N) is 1. The van der Waals surface area contributed by atoms with Crippen LogP contribution < -0.4 is 5.32 Å². The van der Waals surface area contributed by atoms with Crippen molar-refractivity contribution in [1.82, 2.24) is 0 Å². The fourth-order valence-corrected chi connectivity index (χ4v) is 6.09. The van der Waals surface area contributed by atoms with E-state index in [1.54, 1.807) is 0 Å². The molecule has 0 aliphatic carbocycles. The molecule has 0 heterocycles. The zero-order valence-electron chi connectivity index (χ0n) is 9.68.